The molecule has 0 fully saturated rings. The number of carbonyl (C=O) groups is 1. The molecule has 0 saturated carbocycles. The van der Waals surface area contributed by atoms with E-state index in [-0.39, 0.29) is 50.1 Å². The Morgan fingerprint density at radius 2 is 1.67 bits per heavy atom. The van der Waals surface area contributed by atoms with Gasteiger partial charge < -0.3 is 5.11 Å². The van der Waals surface area contributed by atoms with Gasteiger partial charge in [-0.2, -0.15) is 22.0 Å². The number of rotatable bonds is 7. The molecule has 1 N–H and O–H groups in total. The van der Waals surface area contributed by atoms with Crippen molar-refractivity contribution < 1.29 is 40.3 Å². The number of aromatic nitrogens is 1. The van der Waals surface area contributed by atoms with E-state index < -0.39 is 33.5 Å². The highest BCUT2D eigenvalue weighted by Crippen LogP contribution is 2.35. The molecule has 1 heterocycles. The van der Waals surface area contributed by atoms with E-state index in [2.05, 4.69) is 0 Å². The first-order valence-corrected chi connectivity index (χ1v) is 12.5. The minimum Gasteiger partial charge on any atom is -0.478 e. The second-order valence-corrected chi connectivity index (χ2v) is 10.6. The number of thioether (sulfide) groups is 1. The van der Waals surface area contributed by atoms with Crippen LogP contribution in [0.4, 0.5) is 22.0 Å². The number of hydrogen-bond acceptors (Lipinski definition) is 4. The van der Waals surface area contributed by atoms with Crippen molar-refractivity contribution in [3.05, 3.63) is 95.2 Å². The van der Waals surface area contributed by atoms with Gasteiger partial charge in [0.1, 0.15) is 0 Å². The summed E-state index contributed by atoms with van der Waals surface area (Å²) in [6.07, 6.45) is -4.70. The topological polar surface area (TPSA) is 76.4 Å². The normalized spacial score (nSPS) is 12.4. The molecule has 4 aromatic rings. The van der Waals surface area contributed by atoms with Gasteiger partial charge in [0.25, 0.3) is 15.8 Å². The van der Waals surface area contributed by atoms with Gasteiger partial charge in [0, 0.05) is 22.4 Å². The summed E-state index contributed by atoms with van der Waals surface area (Å²) in [7, 11) is -4.42. The predicted octanol–water partition coefficient (Wildman–Crippen LogP) is 6.50. The number of carboxylic acid groups (broad SMARTS) is 1. The number of fused-ring (bicyclic) bond motifs is 1. The van der Waals surface area contributed by atoms with Crippen LogP contribution in [0.1, 0.15) is 27.2 Å². The third-order valence-electron chi connectivity index (χ3n) is 5.31. The highest BCUT2D eigenvalue weighted by atomic mass is 32.2. The number of nitrogens with zero attached hydrogens (tertiary/aromatic N) is 1. The van der Waals surface area contributed by atoms with Crippen molar-refractivity contribution in [3.63, 3.8) is 0 Å². The molecule has 0 bridgehead atoms. The number of aromatic carboxylic acids is 1. The van der Waals surface area contributed by atoms with Gasteiger partial charge in [-0.25, -0.2) is 17.2 Å². The lowest BCUT2D eigenvalue weighted by Crippen LogP contribution is -2.16. The Kier molecular flexibility index (Phi) is 6.84. The molecule has 3 aromatic carbocycles. The van der Waals surface area contributed by atoms with Crippen LogP contribution in [0, 0.1) is 0 Å². The third-order valence-corrected chi connectivity index (χ3v) is 7.78. The van der Waals surface area contributed by atoms with Gasteiger partial charge in [0.05, 0.1) is 21.5 Å². The zero-order chi connectivity index (χ0) is 26.3. The first-order chi connectivity index (χ1) is 16.9. The lowest BCUT2D eigenvalue weighted by atomic mass is 10.1. The molecule has 0 atom stereocenters. The molecule has 0 aliphatic carbocycles. The maximum Gasteiger partial charge on any atom is 0.416 e. The smallest absolute Gasteiger partial charge is 0.416 e. The Hall–Kier alpha value is -3.38. The summed E-state index contributed by atoms with van der Waals surface area (Å²) >= 11 is 0.165. The molecule has 1 aromatic heterocycles. The lowest BCUT2D eigenvalue weighted by Gasteiger charge is -2.14. The monoisotopic (exact) mass is 541 g/mol. The fraction of sp³-hybridized carbons (Fsp3) is 0.125. The minimum atomic E-state index is -4.65. The predicted molar refractivity (Wildman–Crippen MR) is 124 cm³/mol. The summed E-state index contributed by atoms with van der Waals surface area (Å²) in [6, 6.07) is 14.5. The van der Waals surface area contributed by atoms with Crippen LogP contribution in [-0.4, -0.2) is 29.2 Å². The highest BCUT2D eigenvalue weighted by Gasteiger charge is 2.32. The average molecular weight is 542 g/mol. The molecular formula is C24H16F5NO4S2. The second-order valence-electron chi connectivity index (χ2n) is 7.71. The van der Waals surface area contributed by atoms with Gasteiger partial charge in [0.15, 0.2) is 0 Å². The Balaban J connectivity index is 1.88. The fourth-order valence-electron chi connectivity index (χ4n) is 3.72. The van der Waals surface area contributed by atoms with Crippen LogP contribution in [0.2, 0.25) is 0 Å². The van der Waals surface area contributed by atoms with E-state index in [1.54, 1.807) is 0 Å². The number of benzene rings is 3. The molecule has 0 aliphatic heterocycles. The third kappa shape index (κ3) is 5.24. The van der Waals surface area contributed by atoms with Crippen molar-refractivity contribution in [3.8, 4) is 0 Å². The number of carboxylic acids is 1. The van der Waals surface area contributed by atoms with Crippen LogP contribution < -0.4 is 0 Å². The van der Waals surface area contributed by atoms with E-state index in [0.29, 0.717) is 5.56 Å². The van der Waals surface area contributed by atoms with Crippen LogP contribution in [0.5, 0.6) is 0 Å². The van der Waals surface area contributed by atoms with Gasteiger partial charge in [-0.05, 0) is 60.2 Å². The van der Waals surface area contributed by atoms with Crippen molar-refractivity contribution in [2.24, 2.45) is 0 Å². The summed E-state index contributed by atoms with van der Waals surface area (Å²) in [6.45, 7) is 0. The summed E-state index contributed by atoms with van der Waals surface area (Å²) < 4.78 is 93.7. The first kappa shape index (κ1) is 25.7. The molecule has 0 radical (unpaired) electrons. The zero-order valence-electron chi connectivity index (χ0n) is 18.0. The average Bonchev–Trinajstić information content (AvgIpc) is 3.16. The Morgan fingerprint density at radius 1 is 0.972 bits per heavy atom. The van der Waals surface area contributed by atoms with Gasteiger partial charge >= 0.3 is 12.1 Å². The molecule has 0 spiro atoms. The molecule has 0 unspecified atom stereocenters. The van der Waals surface area contributed by atoms with Crippen LogP contribution in [-0.2, 0) is 22.6 Å². The highest BCUT2D eigenvalue weighted by molar-refractivity contribution is 7.99. The van der Waals surface area contributed by atoms with Gasteiger partial charge in [-0.3, -0.25) is 0 Å². The molecule has 5 nitrogen and oxygen atoms in total. The summed E-state index contributed by atoms with van der Waals surface area (Å²) in [5.41, 5.74) is -0.351. The van der Waals surface area contributed by atoms with Crippen LogP contribution in [0.15, 0.2) is 82.6 Å². The molecule has 4 rings (SSSR count). The Labute approximate surface area is 206 Å². The lowest BCUT2D eigenvalue weighted by molar-refractivity contribution is -0.137. The molecule has 36 heavy (non-hydrogen) atoms. The van der Waals surface area contributed by atoms with E-state index >= 15 is 0 Å². The van der Waals surface area contributed by atoms with Gasteiger partial charge in [0.2, 0.25) is 0 Å². The summed E-state index contributed by atoms with van der Waals surface area (Å²) in [5, 5.41) is 9.10. The van der Waals surface area contributed by atoms with E-state index in [1.165, 1.54) is 48.5 Å². The van der Waals surface area contributed by atoms with Crippen molar-refractivity contribution in [2.45, 2.75) is 28.1 Å². The number of hydrogen-bond donors (Lipinski definition) is 1. The summed E-state index contributed by atoms with van der Waals surface area (Å²) in [4.78, 5) is 10.8. The van der Waals surface area contributed by atoms with E-state index in [0.717, 1.165) is 28.2 Å². The van der Waals surface area contributed by atoms with Crippen molar-refractivity contribution in [1.82, 2.24) is 3.97 Å². The largest absolute Gasteiger partial charge is 0.478 e. The molecule has 0 amide bonds. The molecule has 188 valence electrons. The van der Waals surface area contributed by atoms with Crippen molar-refractivity contribution >= 4 is 38.7 Å². The summed E-state index contributed by atoms with van der Waals surface area (Å²) in [5.74, 6) is -3.93. The SMILES string of the molecule is O=C(O)c1ccc(Cc2cc3cc(C(F)(F)F)ccc3n2S(=O)(=O)c2cccc(SC(F)F)c2)cc1. The number of alkyl halides is 5. The Bertz CT molecular complexity index is 1550. The van der Waals surface area contributed by atoms with E-state index in [1.807, 2.05) is 0 Å². The number of halogens is 5. The van der Waals surface area contributed by atoms with Gasteiger partial charge in [-0.15, -0.1) is 0 Å². The van der Waals surface area contributed by atoms with Crippen molar-refractivity contribution in [2.75, 3.05) is 0 Å². The molecule has 0 aliphatic rings. The molecule has 0 saturated heterocycles. The van der Waals surface area contributed by atoms with Crippen LogP contribution >= 0.6 is 11.8 Å². The van der Waals surface area contributed by atoms with Crippen LogP contribution in [0.3, 0.4) is 0 Å². The zero-order valence-corrected chi connectivity index (χ0v) is 19.7. The second kappa shape index (κ2) is 9.58. The van der Waals surface area contributed by atoms with Crippen LogP contribution in [0.25, 0.3) is 10.9 Å². The van der Waals surface area contributed by atoms with E-state index in [4.69, 9.17) is 5.11 Å². The fourth-order valence-corrected chi connectivity index (χ4v) is 5.94. The first-order valence-electron chi connectivity index (χ1n) is 10.2. The molecule has 12 heteroatoms. The molecular weight excluding hydrogens is 525 g/mol. The maximum atomic E-state index is 13.6. The Morgan fingerprint density at radius 3 is 2.28 bits per heavy atom. The maximum absolute atomic E-state index is 13.6. The van der Waals surface area contributed by atoms with Crippen molar-refractivity contribution in [1.29, 1.82) is 0 Å². The van der Waals surface area contributed by atoms with Gasteiger partial charge in [-0.1, -0.05) is 30.0 Å². The standard InChI is InChI=1S/C24H16F5NO4S2/c25-23(26)35-19-2-1-3-20(13-19)36(33,34)30-18(10-14-4-6-15(7-5-14)22(31)32)12-16-11-17(24(27,28)29)8-9-21(16)30/h1-9,11-13,23H,10H2,(H,31,32). The quantitative estimate of drug-likeness (QED) is 0.214. The van der Waals surface area contributed by atoms with E-state index in [9.17, 15) is 35.2 Å². The minimum absolute atomic E-state index is 0.00713.